The van der Waals surface area contributed by atoms with Gasteiger partial charge in [0.15, 0.2) is 0 Å². The molecule has 2 aliphatic heterocycles. The van der Waals surface area contributed by atoms with E-state index in [1.807, 2.05) is 31.2 Å². The molecule has 0 aromatic heterocycles. The van der Waals surface area contributed by atoms with Crippen molar-refractivity contribution in [2.24, 2.45) is 11.8 Å². The van der Waals surface area contributed by atoms with E-state index >= 15 is 0 Å². The molecule has 2 aliphatic rings. The summed E-state index contributed by atoms with van der Waals surface area (Å²) in [6.45, 7) is 1.90. The fourth-order valence-corrected chi connectivity index (χ4v) is 3.25. The predicted molar refractivity (Wildman–Crippen MR) is 72.3 cm³/mol. The van der Waals surface area contributed by atoms with Crippen molar-refractivity contribution in [3.05, 3.63) is 29.8 Å². The van der Waals surface area contributed by atoms with Gasteiger partial charge in [0.1, 0.15) is 0 Å². The van der Waals surface area contributed by atoms with Crippen LogP contribution < -0.4 is 5.32 Å². The number of fused-ring (bicyclic) bond motifs is 2. The van der Waals surface area contributed by atoms with Crippen LogP contribution in [0, 0.1) is 18.8 Å². The average Bonchev–Trinajstić information content (AvgIpc) is 3.01. The van der Waals surface area contributed by atoms with Gasteiger partial charge in [-0.05, 0) is 31.4 Å². The molecule has 0 spiro atoms. The third-order valence-corrected chi connectivity index (χ3v) is 4.26. The van der Waals surface area contributed by atoms with Crippen LogP contribution in [-0.2, 0) is 14.3 Å². The van der Waals surface area contributed by atoms with Crippen LogP contribution in [-0.4, -0.2) is 29.2 Å². The Labute approximate surface area is 116 Å². The molecule has 2 heterocycles. The molecule has 3 rings (SSSR count). The maximum Gasteiger partial charge on any atom is 0.310 e. The molecule has 4 atom stereocenters. The van der Waals surface area contributed by atoms with Crippen LogP contribution in [0.1, 0.15) is 18.4 Å². The summed E-state index contributed by atoms with van der Waals surface area (Å²) in [5.74, 6) is -2.51. The van der Waals surface area contributed by atoms with Crippen molar-refractivity contribution in [1.82, 2.24) is 0 Å². The van der Waals surface area contributed by atoms with Crippen LogP contribution in [0.25, 0.3) is 0 Å². The fourth-order valence-electron chi connectivity index (χ4n) is 3.25. The number of carboxylic acid groups (broad SMARTS) is 1. The third kappa shape index (κ3) is 2.08. The van der Waals surface area contributed by atoms with Gasteiger partial charge in [-0.1, -0.05) is 18.2 Å². The highest BCUT2D eigenvalue weighted by molar-refractivity contribution is 5.96. The number of benzene rings is 1. The van der Waals surface area contributed by atoms with Gasteiger partial charge < -0.3 is 15.2 Å². The van der Waals surface area contributed by atoms with Crippen LogP contribution >= 0.6 is 0 Å². The van der Waals surface area contributed by atoms with Crippen molar-refractivity contribution in [3.63, 3.8) is 0 Å². The molecule has 0 saturated carbocycles. The van der Waals surface area contributed by atoms with Crippen LogP contribution in [0.2, 0.25) is 0 Å². The normalized spacial score (nSPS) is 31.2. The van der Waals surface area contributed by atoms with E-state index < -0.39 is 17.8 Å². The fraction of sp³-hybridized carbons (Fsp3) is 0.467. The van der Waals surface area contributed by atoms with E-state index in [2.05, 4.69) is 5.32 Å². The second kappa shape index (κ2) is 4.90. The summed E-state index contributed by atoms with van der Waals surface area (Å²) in [5, 5.41) is 12.2. The first-order chi connectivity index (χ1) is 9.58. The Morgan fingerprint density at radius 1 is 1.20 bits per heavy atom. The van der Waals surface area contributed by atoms with Gasteiger partial charge in [0.2, 0.25) is 5.91 Å². The number of aryl methyl sites for hydroxylation is 1. The van der Waals surface area contributed by atoms with Gasteiger partial charge in [0.25, 0.3) is 0 Å². The summed E-state index contributed by atoms with van der Waals surface area (Å²) in [6, 6.07) is 7.46. The number of amides is 1. The Hall–Kier alpha value is -1.88. The number of carboxylic acids is 1. The zero-order chi connectivity index (χ0) is 14.3. The van der Waals surface area contributed by atoms with Crippen LogP contribution in [0.3, 0.4) is 0 Å². The minimum atomic E-state index is -0.942. The first-order valence-corrected chi connectivity index (χ1v) is 6.82. The third-order valence-electron chi connectivity index (χ3n) is 4.26. The summed E-state index contributed by atoms with van der Waals surface area (Å²) in [6.07, 6.45) is 0.922. The lowest BCUT2D eigenvalue weighted by molar-refractivity contribution is -0.147. The molecule has 0 unspecified atom stereocenters. The number of nitrogens with one attached hydrogen (secondary N) is 1. The van der Waals surface area contributed by atoms with Gasteiger partial charge in [-0.25, -0.2) is 0 Å². The largest absolute Gasteiger partial charge is 0.481 e. The molecule has 5 nitrogen and oxygen atoms in total. The first-order valence-electron chi connectivity index (χ1n) is 6.82. The minimum absolute atomic E-state index is 0.251. The number of carbonyl (C=O) groups excluding carboxylic acids is 1. The lowest BCUT2D eigenvalue weighted by Gasteiger charge is -2.24. The molecule has 5 heteroatoms. The summed E-state index contributed by atoms with van der Waals surface area (Å²) in [4.78, 5) is 23.8. The predicted octanol–water partition coefficient (Wildman–Crippen LogP) is 1.81. The van der Waals surface area contributed by atoms with Crippen molar-refractivity contribution >= 4 is 17.6 Å². The maximum absolute atomic E-state index is 12.4. The molecule has 106 valence electrons. The van der Waals surface area contributed by atoms with Crippen molar-refractivity contribution in [3.8, 4) is 0 Å². The first kappa shape index (κ1) is 13.1. The maximum atomic E-state index is 12.4. The number of ether oxygens (including phenoxy) is 1. The quantitative estimate of drug-likeness (QED) is 0.882. The number of rotatable bonds is 3. The number of hydrogen-bond acceptors (Lipinski definition) is 3. The monoisotopic (exact) mass is 275 g/mol. The highest BCUT2D eigenvalue weighted by atomic mass is 16.5. The highest BCUT2D eigenvalue weighted by Crippen LogP contribution is 2.44. The van der Waals surface area contributed by atoms with E-state index in [4.69, 9.17) is 4.74 Å². The van der Waals surface area contributed by atoms with E-state index in [9.17, 15) is 14.7 Å². The Balaban J connectivity index is 1.80. The van der Waals surface area contributed by atoms with Crippen molar-refractivity contribution in [2.45, 2.75) is 32.0 Å². The summed E-state index contributed by atoms with van der Waals surface area (Å²) >= 11 is 0. The van der Waals surface area contributed by atoms with Gasteiger partial charge in [-0.3, -0.25) is 9.59 Å². The number of carbonyl (C=O) groups is 2. The zero-order valence-corrected chi connectivity index (χ0v) is 11.2. The smallest absolute Gasteiger partial charge is 0.310 e. The second-order valence-corrected chi connectivity index (χ2v) is 5.48. The molecule has 2 bridgehead atoms. The molecule has 2 fully saturated rings. The molecular formula is C15H17NO4. The van der Waals surface area contributed by atoms with E-state index in [1.165, 1.54) is 0 Å². The number of aliphatic carboxylic acids is 1. The lowest BCUT2D eigenvalue weighted by Crippen LogP contribution is -2.41. The number of hydrogen-bond donors (Lipinski definition) is 2. The topological polar surface area (TPSA) is 75.6 Å². The van der Waals surface area contributed by atoms with Crippen LogP contribution in [0.5, 0.6) is 0 Å². The molecule has 0 aliphatic carbocycles. The van der Waals surface area contributed by atoms with Gasteiger partial charge in [-0.15, -0.1) is 0 Å². The second-order valence-electron chi connectivity index (χ2n) is 5.48. The van der Waals surface area contributed by atoms with Gasteiger partial charge in [-0.2, -0.15) is 0 Å². The Morgan fingerprint density at radius 2 is 1.85 bits per heavy atom. The Kier molecular flexibility index (Phi) is 3.22. The van der Waals surface area contributed by atoms with Crippen molar-refractivity contribution in [2.75, 3.05) is 5.32 Å². The van der Waals surface area contributed by atoms with Crippen molar-refractivity contribution in [1.29, 1.82) is 0 Å². The van der Waals surface area contributed by atoms with Crippen molar-refractivity contribution < 1.29 is 19.4 Å². The standard InChI is InChI=1S/C15H17NO4/c1-8-4-2-3-5-9(8)16-14(17)12-10-6-7-11(20-10)13(12)15(18)19/h2-5,10-13H,6-7H2,1H3,(H,16,17)(H,18,19)/t10-,11+,12-,13-/m0/s1. The summed E-state index contributed by atoms with van der Waals surface area (Å²) in [5.41, 5.74) is 1.68. The molecule has 2 N–H and O–H groups in total. The van der Waals surface area contributed by atoms with E-state index in [0.29, 0.717) is 0 Å². The molecule has 20 heavy (non-hydrogen) atoms. The molecule has 1 aromatic rings. The molecule has 2 saturated heterocycles. The molecule has 0 radical (unpaired) electrons. The minimum Gasteiger partial charge on any atom is -0.481 e. The number of para-hydroxylation sites is 1. The van der Waals surface area contributed by atoms with Crippen LogP contribution in [0.15, 0.2) is 24.3 Å². The highest BCUT2D eigenvalue weighted by Gasteiger charge is 2.55. The Morgan fingerprint density at radius 3 is 2.50 bits per heavy atom. The molecule has 1 amide bonds. The van der Waals surface area contributed by atoms with Gasteiger partial charge in [0, 0.05) is 5.69 Å². The molecule has 1 aromatic carbocycles. The van der Waals surface area contributed by atoms with Crippen LogP contribution in [0.4, 0.5) is 5.69 Å². The van der Waals surface area contributed by atoms with Gasteiger partial charge in [0.05, 0.1) is 24.0 Å². The summed E-state index contributed by atoms with van der Waals surface area (Å²) < 4.78 is 5.61. The molecular weight excluding hydrogens is 258 g/mol. The summed E-state index contributed by atoms with van der Waals surface area (Å²) in [7, 11) is 0. The zero-order valence-electron chi connectivity index (χ0n) is 11.2. The average molecular weight is 275 g/mol. The Bertz CT molecular complexity index is 557. The van der Waals surface area contributed by atoms with E-state index in [-0.39, 0.29) is 18.1 Å². The lowest BCUT2D eigenvalue weighted by atomic mass is 9.78. The van der Waals surface area contributed by atoms with Gasteiger partial charge >= 0.3 is 5.97 Å². The van der Waals surface area contributed by atoms with E-state index in [1.54, 1.807) is 0 Å². The van der Waals surface area contributed by atoms with E-state index in [0.717, 1.165) is 24.1 Å². The number of anilines is 1. The SMILES string of the molecule is Cc1ccccc1NC(=O)[C@@H]1[C@@H](C(=O)O)[C@H]2CC[C@@H]1O2.